The summed E-state index contributed by atoms with van der Waals surface area (Å²) in [7, 11) is 1.62. The average Bonchev–Trinajstić information content (AvgIpc) is 2.34. The summed E-state index contributed by atoms with van der Waals surface area (Å²) in [6.07, 6.45) is 2.33. The van der Waals surface area contributed by atoms with E-state index in [1.165, 1.54) is 5.56 Å². The minimum absolute atomic E-state index is 0.0748. The zero-order valence-corrected chi connectivity index (χ0v) is 10.2. The van der Waals surface area contributed by atoms with Crippen molar-refractivity contribution in [1.82, 2.24) is 0 Å². The highest BCUT2D eigenvalue weighted by molar-refractivity contribution is 5.14. The Morgan fingerprint density at radius 2 is 2.06 bits per heavy atom. The van der Waals surface area contributed by atoms with Crippen molar-refractivity contribution in [3.05, 3.63) is 35.9 Å². The van der Waals surface area contributed by atoms with E-state index in [0.717, 1.165) is 19.4 Å². The second kappa shape index (κ2) is 6.15. The predicted molar refractivity (Wildman–Crippen MR) is 65.9 cm³/mol. The van der Waals surface area contributed by atoms with Crippen molar-refractivity contribution in [2.75, 3.05) is 13.7 Å². The topological polar surface area (TPSA) is 38.7 Å². The first-order valence-corrected chi connectivity index (χ1v) is 6.17. The molecule has 2 rings (SSSR count). The van der Waals surface area contributed by atoms with E-state index >= 15 is 0 Å². The van der Waals surface area contributed by atoms with E-state index in [1.54, 1.807) is 7.11 Å². The van der Waals surface area contributed by atoms with Crippen LogP contribution in [0, 0.1) is 0 Å². The molecular formula is C14H20O3. The van der Waals surface area contributed by atoms with Gasteiger partial charge in [-0.15, -0.1) is 0 Å². The highest BCUT2D eigenvalue weighted by atomic mass is 16.5. The summed E-state index contributed by atoms with van der Waals surface area (Å²) in [5.74, 6) is 0. The summed E-state index contributed by atoms with van der Waals surface area (Å²) in [5.41, 5.74) is 1.34. The number of hydrogen-bond donors (Lipinski definition) is 1. The summed E-state index contributed by atoms with van der Waals surface area (Å²) < 4.78 is 10.8. The molecule has 1 fully saturated rings. The fraction of sp³-hybridized carbons (Fsp3) is 0.571. The SMILES string of the molecule is COC1C(O)CC1OCCCc1ccccc1. The quantitative estimate of drug-likeness (QED) is 0.765. The normalized spacial score (nSPS) is 27.8. The molecule has 0 saturated heterocycles. The summed E-state index contributed by atoms with van der Waals surface area (Å²) in [6, 6.07) is 10.4. The molecule has 3 atom stereocenters. The van der Waals surface area contributed by atoms with E-state index in [0.29, 0.717) is 6.42 Å². The van der Waals surface area contributed by atoms with E-state index < -0.39 is 0 Å². The van der Waals surface area contributed by atoms with Gasteiger partial charge in [-0.1, -0.05) is 30.3 Å². The van der Waals surface area contributed by atoms with Crippen LogP contribution in [0.25, 0.3) is 0 Å². The molecule has 1 aromatic rings. The summed E-state index contributed by atoms with van der Waals surface area (Å²) in [5, 5.41) is 9.41. The summed E-state index contributed by atoms with van der Waals surface area (Å²) in [6.45, 7) is 0.728. The largest absolute Gasteiger partial charge is 0.390 e. The number of ether oxygens (including phenoxy) is 2. The first kappa shape index (κ1) is 12.6. The first-order chi connectivity index (χ1) is 8.31. The molecule has 0 aromatic heterocycles. The molecule has 0 aliphatic heterocycles. The Morgan fingerprint density at radius 3 is 2.71 bits per heavy atom. The lowest BCUT2D eigenvalue weighted by atomic mass is 9.88. The molecule has 0 radical (unpaired) electrons. The molecule has 1 N–H and O–H groups in total. The van der Waals surface area contributed by atoms with Crippen LogP contribution < -0.4 is 0 Å². The molecule has 1 aliphatic rings. The van der Waals surface area contributed by atoms with Crippen molar-refractivity contribution in [1.29, 1.82) is 0 Å². The minimum atomic E-state index is -0.348. The highest BCUT2D eigenvalue weighted by Crippen LogP contribution is 2.26. The zero-order valence-electron chi connectivity index (χ0n) is 10.2. The molecule has 0 spiro atoms. The number of aliphatic hydroxyl groups excluding tert-OH is 1. The van der Waals surface area contributed by atoms with Crippen molar-refractivity contribution in [2.45, 2.75) is 37.6 Å². The fourth-order valence-electron chi connectivity index (χ4n) is 2.19. The van der Waals surface area contributed by atoms with Gasteiger partial charge in [0.25, 0.3) is 0 Å². The standard InChI is InChI=1S/C14H20O3/c1-16-14-12(15)10-13(14)17-9-5-8-11-6-3-2-4-7-11/h2-4,6-7,12-15H,5,8-10H2,1H3. The summed E-state index contributed by atoms with van der Waals surface area (Å²) in [4.78, 5) is 0. The van der Waals surface area contributed by atoms with Crippen LogP contribution in [0.3, 0.4) is 0 Å². The number of aliphatic hydroxyl groups is 1. The van der Waals surface area contributed by atoms with Gasteiger partial charge in [-0.2, -0.15) is 0 Å². The van der Waals surface area contributed by atoms with E-state index in [9.17, 15) is 5.11 Å². The Kier molecular flexibility index (Phi) is 4.54. The van der Waals surface area contributed by atoms with Crippen LogP contribution in [0.15, 0.2) is 30.3 Å². The van der Waals surface area contributed by atoms with Gasteiger partial charge < -0.3 is 14.6 Å². The van der Waals surface area contributed by atoms with Crippen molar-refractivity contribution >= 4 is 0 Å². The molecule has 94 valence electrons. The van der Waals surface area contributed by atoms with Crippen LogP contribution in [-0.4, -0.2) is 37.1 Å². The van der Waals surface area contributed by atoms with E-state index in [2.05, 4.69) is 24.3 Å². The molecule has 0 bridgehead atoms. The number of aryl methyl sites for hydroxylation is 1. The van der Waals surface area contributed by atoms with E-state index in [-0.39, 0.29) is 18.3 Å². The zero-order chi connectivity index (χ0) is 12.1. The molecule has 0 amide bonds. The van der Waals surface area contributed by atoms with Gasteiger partial charge in [-0.05, 0) is 18.4 Å². The Labute approximate surface area is 102 Å². The first-order valence-electron chi connectivity index (χ1n) is 6.17. The number of methoxy groups -OCH3 is 1. The van der Waals surface area contributed by atoms with Gasteiger partial charge >= 0.3 is 0 Å². The van der Waals surface area contributed by atoms with E-state index in [4.69, 9.17) is 9.47 Å². The third kappa shape index (κ3) is 3.28. The van der Waals surface area contributed by atoms with Gasteiger partial charge in [-0.3, -0.25) is 0 Å². The van der Waals surface area contributed by atoms with Gasteiger partial charge in [0.15, 0.2) is 0 Å². The molecule has 1 saturated carbocycles. The monoisotopic (exact) mass is 236 g/mol. The summed E-state index contributed by atoms with van der Waals surface area (Å²) >= 11 is 0. The second-order valence-electron chi connectivity index (χ2n) is 4.50. The second-order valence-corrected chi connectivity index (χ2v) is 4.50. The molecule has 3 nitrogen and oxygen atoms in total. The molecule has 1 aliphatic carbocycles. The van der Waals surface area contributed by atoms with Crippen LogP contribution >= 0.6 is 0 Å². The van der Waals surface area contributed by atoms with Gasteiger partial charge in [-0.25, -0.2) is 0 Å². The maximum atomic E-state index is 9.41. The maximum absolute atomic E-state index is 9.41. The van der Waals surface area contributed by atoms with Gasteiger partial charge in [0.05, 0.1) is 12.2 Å². The predicted octanol–water partition coefficient (Wildman–Crippen LogP) is 1.78. The van der Waals surface area contributed by atoms with Crippen molar-refractivity contribution in [3.8, 4) is 0 Å². The molecule has 3 unspecified atom stereocenters. The fourth-order valence-corrected chi connectivity index (χ4v) is 2.19. The van der Waals surface area contributed by atoms with Crippen molar-refractivity contribution in [3.63, 3.8) is 0 Å². The maximum Gasteiger partial charge on any atom is 0.109 e. The molecule has 3 heteroatoms. The Bertz CT molecular complexity index is 325. The van der Waals surface area contributed by atoms with Crippen LogP contribution in [0.4, 0.5) is 0 Å². The smallest absolute Gasteiger partial charge is 0.109 e. The Hall–Kier alpha value is -0.900. The minimum Gasteiger partial charge on any atom is -0.390 e. The van der Waals surface area contributed by atoms with Crippen molar-refractivity contribution in [2.24, 2.45) is 0 Å². The lowest BCUT2D eigenvalue weighted by molar-refractivity contribution is -0.181. The van der Waals surface area contributed by atoms with Crippen LogP contribution in [0.5, 0.6) is 0 Å². The lowest BCUT2D eigenvalue weighted by Gasteiger charge is -2.39. The van der Waals surface area contributed by atoms with Gasteiger partial charge in [0.1, 0.15) is 6.10 Å². The third-order valence-electron chi connectivity index (χ3n) is 3.28. The highest BCUT2D eigenvalue weighted by Gasteiger charge is 2.40. The lowest BCUT2D eigenvalue weighted by Crippen LogP contribution is -2.53. The molecule has 17 heavy (non-hydrogen) atoms. The number of hydrogen-bond acceptors (Lipinski definition) is 3. The average molecular weight is 236 g/mol. The van der Waals surface area contributed by atoms with Gasteiger partial charge in [0, 0.05) is 20.1 Å². The van der Waals surface area contributed by atoms with Crippen LogP contribution in [0.1, 0.15) is 18.4 Å². The number of rotatable bonds is 6. The molecular weight excluding hydrogens is 216 g/mol. The molecule has 1 aromatic carbocycles. The van der Waals surface area contributed by atoms with E-state index in [1.807, 2.05) is 6.07 Å². The Balaban J connectivity index is 1.61. The third-order valence-corrected chi connectivity index (χ3v) is 3.28. The Morgan fingerprint density at radius 1 is 1.29 bits per heavy atom. The van der Waals surface area contributed by atoms with Crippen LogP contribution in [-0.2, 0) is 15.9 Å². The van der Waals surface area contributed by atoms with Gasteiger partial charge in [0.2, 0.25) is 0 Å². The van der Waals surface area contributed by atoms with Crippen molar-refractivity contribution < 1.29 is 14.6 Å². The van der Waals surface area contributed by atoms with Crippen LogP contribution in [0.2, 0.25) is 0 Å². The number of benzene rings is 1. The molecule has 0 heterocycles.